The van der Waals surface area contributed by atoms with E-state index in [1.165, 1.54) is 0 Å². The lowest BCUT2D eigenvalue weighted by atomic mass is 9.92. The molecule has 1 saturated heterocycles. The van der Waals surface area contributed by atoms with Crippen LogP contribution in [0.3, 0.4) is 0 Å². The Balaban J connectivity index is 2.02. The maximum Gasteiger partial charge on any atom is 0.117 e. The van der Waals surface area contributed by atoms with E-state index in [0.717, 1.165) is 36.2 Å². The third-order valence-electron chi connectivity index (χ3n) is 3.02. The van der Waals surface area contributed by atoms with Gasteiger partial charge in [0.15, 0.2) is 0 Å². The van der Waals surface area contributed by atoms with E-state index in [1.807, 2.05) is 24.3 Å². The Bertz CT molecular complexity index is 410. The van der Waals surface area contributed by atoms with Gasteiger partial charge >= 0.3 is 0 Å². The van der Waals surface area contributed by atoms with Crippen molar-refractivity contribution in [2.45, 2.75) is 18.9 Å². The number of halogens is 1. The number of anilines is 1. The van der Waals surface area contributed by atoms with E-state index in [1.54, 1.807) is 0 Å². The third-order valence-corrected chi connectivity index (χ3v) is 3.52. The Labute approximate surface area is 110 Å². The zero-order chi connectivity index (χ0) is 12.1. The van der Waals surface area contributed by atoms with Gasteiger partial charge in [0.05, 0.1) is 6.07 Å². The van der Waals surface area contributed by atoms with E-state index in [9.17, 15) is 5.26 Å². The quantitative estimate of drug-likeness (QED) is 0.931. The minimum Gasteiger partial charge on any atom is -0.381 e. The van der Waals surface area contributed by atoms with Gasteiger partial charge < -0.3 is 10.1 Å². The predicted molar refractivity (Wildman–Crippen MR) is 70.7 cm³/mol. The molecule has 1 aliphatic rings. The Morgan fingerprint density at radius 3 is 2.82 bits per heavy atom. The van der Waals surface area contributed by atoms with Crippen LogP contribution in [0.15, 0.2) is 28.7 Å². The molecule has 90 valence electrons. The normalized spacial score (nSPS) is 18.4. The summed E-state index contributed by atoms with van der Waals surface area (Å²) in [7, 11) is 0. The molecule has 0 radical (unpaired) electrons. The molecule has 1 aliphatic heterocycles. The molecule has 1 aromatic rings. The average Bonchev–Trinajstić information content (AvgIpc) is 2.37. The van der Waals surface area contributed by atoms with Crippen LogP contribution in [0.25, 0.3) is 0 Å². The number of hydrogen-bond donors (Lipinski definition) is 1. The van der Waals surface area contributed by atoms with Gasteiger partial charge in [-0.05, 0) is 37.0 Å². The zero-order valence-electron chi connectivity index (χ0n) is 9.53. The molecule has 0 aliphatic carbocycles. The molecular weight excluding hydrogens is 280 g/mol. The number of nitrogens with zero attached hydrogens (tertiary/aromatic N) is 1. The predicted octanol–water partition coefficient (Wildman–Crippen LogP) is 3.18. The molecule has 1 heterocycles. The van der Waals surface area contributed by atoms with Crippen molar-refractivity contribution >= 4 is 21.6 Å². The molecule has 0 saturated carbocycles. The highest BCUT2D eigenvalue weighted by molar-refractivity contribution is 9.10. The maximum atomic E-state index is 9.24. The van der Waals surface area contributed by atoms with Crippen LogP contribution in [0.2, 0.25) is 0 Å². The van der Waals surface area contributed by atoms with E-state index in [2.05, 4.69) is 27.3 Å². The van der Waals surface area contributed by atoms with E-state index < -0.39 is 0 Å². The third kappa shape index (κ3) is 3.45. The Hall–Kier alpha value is -1.05. The Morgan fingerprint density at radius 1 is 1.41 bits per heavy atom. The highest BCUT2D eigenvalue weighted by Crippen LogP contribution is 2.23. The molecule has 2 rings (SSSR count). The second-order valence-electron chi connectivity index (χ2n) is 4.21. The molecule has 1 aromatic carbocycles. The van der Waals surface area contributed by atoms with E-state index in [-0.39, 0.29) is 6.04 Å². The summed E-state index contributed by atoms with van der Waals surface area (Å²) in [5, 5.41) is 12.5. The van der Waals surface area contributed by atoms with Crippen LogP contribution < -0.4 is 5.32 Å². The highest BCUT2D eigenvalue weighted by atomic mass is 79.9. The van der Waals surface area contributed by atoms with Crippen molar-refractivity contribution in [3.8, 4) is 6.07 Å². The van der Waals surface area contributed by atoms with Gasteiger partial charge in [-0.3, -0.25) is 0 Å². The fraction of sp³-hybridized carbons (Fsp3) is 0.462. The molecule has 1 fully saturated rings. The Kier molecular flexibility index (Phi) is 4.41. The van der Waals surface area contributed by atoms with Gasteiger partial charge in [-0.15, -0.1) is 0 Å². The minimum absolute atomic E-state index is 0.131. The minimum atomic E-state index is -0.131. The van der Waals surface area contributed by atoms with Crippen LogP contribution in [0, 0.1) is 17.2 Å². The number of ether oxygens (including phenoxy) is 1. The number of nitriles is 1. The lowest BCUT2D eigenvalue weighted by Crippen LogP contribution is -2.32. The first-order valence-corrected chi connectivity index (χ1v) is 6.58. The van der Waals surface area contributed by atoms with Gasteiger partial charge in [-0.2, -0.15) is 5.26 Å². The van der Waals surface area contributed by atoms with E-state index >= 15 is 0 Å². The number of nitrogens with one attached hydrogen (secondary N) is 1. The smallest absolute Gasteiger partial charge is 0.117 e. The fourth-order valence-corrected chi connectivity index (χ4v) is 2.46. The average molecular weight is 295 g/mol. The van der Waals surface area contributed by atoms with Crippen molar-refractivity contribution in [1.82, 2.24) is 0 Å². The molecular formula is C13H15BrN2O. The van der Waals surface area contributed by atoms with Gasteiger partial charge in [-0.1, -0.05) is 22.0 Å². The topological polar surface area (TPSA) is 45.0 Å². The summed E-state index contributed by atoms with van der Waals surface area (Å²) in [6, 6.07) is 10.1. The van der Waals surface area contributed by atoms with Crippen LogP contribution in [-0.4, -0.2) is 19.3 Å². The molecule has 0 bridgehead atoms. The number of rotatable bonds is 3. The number of benzene rings is 1. The summed E-state index contributed by atoms with van der Waals surface area (Å²) in [6.07, 6.45) is 1.92. The monoisotopic (exact) mass is 294 g/mol. The largest absolute Gasteiger partial charge is 0.381 e. The summed E-state index contributed by atoms with van der Waals surface area (Å²) < 4.78 is 6.34. The fourth-order valence-electron chi connectivity index (χ4n) is 2.06. The standard InChI is InChI=1S/C13H15BrN2O/c14-11-2-1-3-12(8-11)16-13(9-15)10-4-6-17-7-5-10/h1-3,8,10,13,16H,4-7H2. The molecule has 0 amide bonds. The first-order valence-electron chi connectivity index (χ1n) is 5.79. The molecule has 1 N–H and O–H groups in total. The molecule has 3 nitrogen and oxygen atoms in total. The van der Waals surface area contributed by atoms with Crippen LogP contribution in [0.5, 0.6) is 0 Å². The molecule has 0 spiro atoms. The summed E-state index contributed by atoms with van der Waals surface area (Å²) in [5.74, 6) is 0.382. The summed E-state index contributed by atoms with van der Waals surface area (Å²) in [5.41, 5.74) is 0.984. The van der Waals surface area contributed by atoms with Gasteiger partial charge in [0.1, 0.15) is 6.04 Å². The molecule has 17 heavy (non-hydrogen) atoms. The molecule has 4 heteroatoms. The van der Waals surface area contributed by atoms with Gasteiger partial charge in [0, 0.05) is 23.4 Å². The van der Waals surface area contributed by atoms with E-state index in [0.29, 0.717) is 5.92 Å². The van der Waals surface area contributed by atoms with Crippen molar-refractivity contribution in [3.63, 3.8) is 0 Å². The highest BCUT2D eigenvalue weighted by Gasteiger charge is 2.23. The van der Waals surface area contributed by atoms with Crippen LogP contribution in [0.4, 0.5) is 5.69 Å². The number of hydrogen-bond acceptors (Lipinski definition) is 3. The second kappa shape index (κ2) is 6.04. The molecule has 0 aromatic heterocycles. The SMILES string of the molecule is N#CC(Nc1cccc(Br)c1)C1CCOCC1. The van der Waals surface area contributed by atoms with Crippen LogP contribution in [0.1, 0.15) is 12.8 Å². The summed E-state index contributed by atoms with van der Waals surface area (Å²) in [4.78, 5) is 0. The van der Waals surface area contributed by atoms with Crippen molar-refractivity contribution in [2.75, 3.05) is 18.5 Å². The van der Waals surface area contributed by atoms with Gasteiger partial charge in [0.25, 0.3) is 0 Å². The molecule has 1 unspecified atom stereocenters. The van der Waals surface area contributed by atoms with Crippen molar-refractivity contribution in [3.05, 3.63) is 28.7 Å². The summed E-state index contributed by atoms with van der Waals surface area (Å²) in [6.45, 7) is 1.53. The zero-order valence-corrected chi connectivity index (χ0v) is 11.1. The summed E-state index contributed by atoms with van der Waals surface area (Å²) >= 11 is 3.43. The van der Waals surface area contributed by atoms with Crippen LogP contribution in [-0.2, 0) is 4.74 Å². The maximum absolute atomic E-state index is 9.24. The van der Waals surface area contributed by atoms with Crippen molar-refractivity contribution in [2.24, 2.45) is 5.92 Å². The van der Waals surface area contributed by atoms with Crippen LogP contribution >= 0.6 is 15.9 Å². The van der Waals surface area contributed by atoms with Gasteiger partial charge in [-0.25, -0.2) is 0 Å². The Morgan fingerprint density at radius 2 is 2.18 bits per heavy atom. The first-order chi connectivity index (χ1) is 8.29. The van der Waals surface area contributed by atoms with E-state index in [4.69, 9.17) is 4.74 Å². The second-order valence-corrected chi connectivity index (χ2v) is 5.13. The first kappa shape index (κ1) is 12.4. The lowest BCUT2D eigenvalue weighted by Gasteiger charge is -2.27. The van der Waals surface area contributed by atoms with Crippen molar-refractivity contribution < 1.29 is 4.74 Å². The van der Waals surface area contributed by atoms with Gasteiger partial charge in [0.2, 0.25) is 0 Å². The lowest BCUT2D eigenvalue weighted by molar-refractivity contribution is 0.0651. The molecule has 1 atom stereocenters. The van der Waals surface area contributed by atoms with Crippen molar-refractivity contribution in [1.29, 1.82) is 5.26 Å².